The van der Waals surface area contributed by atoms with Crippen molar-refractivity contribution < 1.29 is 9.53 Å². The number of carbonyl (C=O) groups excluding carboxylic acids is 1. The van der Waals surface area contributed by atoms with E-state index >= 15 is 0 Å². The van der Waals surface area contributed by atoms with Crippen LogP contribution >= 0.6 is 0 Å². The van der Waals surface area contributed by atoms with E-state index in [1.807, 2.05) is 42.5 Å². The first-order valence-corrected chi connectivity index (χ1v) is 9.18. The van der Waals surface area contributed by atoms with Gasteiger partial charge in [-0.3, -0.25) is 4.79 Å². The van der Waals surface area contributed by atoms with Crippen LogP contribution in [0.1, 0.15) is 72.5 Å². The van der Waals surface area contributed by atoms with Crippen LogP contribution in [0.4, 0.5) is 0 Å². The zero-order chi connectivity index (χ0) is 16.8. The van der Waals surface area contributed by atoms with Gasteiger partial charge in [0.05, 0.1) is 6.61 Å². The topological polar surface area (TPSA) is 26.3 Å². The highest BCUT2D eigenvalue weighted by atomic mass is 16.5. The summed E-state index contributed by atoms with van der Waals surface area (Å²) in [6.45, 7) is 2.97. The first kappa shape index (κ1) is 16.8. The summed E-state index contributed by atoms with van der Waals surface area (Å²) < 4.78 is 5.86. The third-order valence-corrected chi connectivity index (χ3v) is 4.74. The van der Waals surface area contributed by atoms with Crippen LogP contribution in [0.5, 0.6) is 5.75 Å². The van der Waals surface area contributed by atoms with Crippen LogP contribution < -0.4 is 4.74 Å². The summed E-state index contributed by atoms with van der Waals surface area (Å²) in [6.07, 6.45) is 8.35. The second-order valence-electron chi connectivity index (χ2n) is 6.60. The third kappa shape index (κ3) is 3.87. The summed E-state index contributed by atoms with van der Waals surface area (Å²) in [5, 5.41) is 0. The van der Waals surface area contributed by atoms with E-state index in [9.17, 15) is 4.79 Å². The number of fused-ring (bicyclic) bond motifs is 2. The quantitative estimate of drug-likeness (QED) is 0.507. The molecule has 1 aliphatic rings. The predicted octanol–water partition coefficient (Wildman–Crippen LogP) is 5.56. The molecular weight excluding hydrogens is 296 g/mol. The van der Waals surface area contributed by atoms with Gasteiger partial charge in [-0.2, -0.15) is 0 Å². The SMILES string of the molecule is CCCCCCCCOc1ccc2c(c1)C(=O)c1ccccc1C2. The molecule has 2 aromatic rings. The molecule has 0 amide bonds. The van der Waals surface area contributed by atoms with Crippen molar-refractivity contribution in [2.45, 2.75) is 51.9 Å². The number of hydrogen-bond donors (Lipinski definition) is 0. The maximum absolute atomic E-state index is 12.7. The van der Waals surface area contributed by atoms with E-state index in [1.54, 1.807) is 0 Å². The largest absolute Gasteiger partial charge is 0.494 e. The van der Waals surface area contributed by atoms with Crippen molar-refractivity contribution in [1.82, 2.24) is 0 Å². The van der Waals surface area contributed by atoms with Gasteiger partial charge in [-0.15, -0.1) is 0 Å². The molecule has 0 bridgehead atoms. The Hall–Kier alpha value is -2.09. The minimum atomic E-state index is 0.122. The number of ketones is 1. The molecule has 0 N–H and O–H groups in total. The van der Waals surface area contributed by atoms with Crippen LogP contribution in [0, 0.1) is 0 Å². The summed E-state index contributed by atoms with van der Waals surface area (Å²) in [5.41, 5.74) is 3.86. The van der Waals surface area contributed by atoms with Crippen LogP contribution in [0.3, 0.4) is 0 Å². The van der Waals surface area contributed by atoms with E-state index < -0.39 is 0 Å². The van der Waals surface area contributed by atoms with Crippen LogP contribution in [-0.4, -0.2) is 12.4 Å². The molecule has 0 atom stereocenters. The lowest BCUT2D eigenvalue weighted by Gasteiger charge is -2.19. The molecule has 24 heavy (non-hydrogen) atoms. The minimum absolute atomic E-state index is 0.122. The normalized spacial score (nSPS) is 12.6. The zero-order valence-electron chi connectivity index (χ0n) is 14.5. The Balaban J connectivity index is 1.57. The Morgan fingerprint density at radius 2 is 1.62 bits per heavy atom. The van der Waals surface area contributed by atoms with Gasteiger partial charge >= 0.3 is 0 Å². The molecule has 0 radical (unpaired) electrons. The van der Waals surface area contributed by atoms with Crippen molar-refractivity contribution in [3.8, 4) is 5.75 Å². The van der Waals surface area contributed by atoms with Gasteiger partial charge in [0.15, 0.2) is 5.78 Å². The molecule has 0 fully saturated rings. The molecule has 0 aromatic heterocycles. The number of hydrogen-bond acceptors (Lipinski definition) is 2. The predicted molar refractivity (Wildman–Crippen MR) is 98.0 cm³/mol. The highest BCUT2D eigenvalue weighted by Crippen LogP contribution is 2.29. The summed E-state index contributed by atoms with van der Waals surface area (Å²) in [6, 6.07) is 13.8. The Morgan fingerprint density at radius 3 is 2.50 bits per heavy atom. The molecule has 3 rings (SSSR count). The van der Waals surface area contributed by atoms with Crippen molar-refractivity contribution in [1.29, 1.82) is 0 Å². The van der Waals surface area contributed by atoms with E-state index in [2.05, 4.69) is 6.92 Å². The van der Waals surface area contributed by atoms with Gasteiger partial charge in [-0.05, 0) is 36.1 Å². The molecular formula is C22H26O2. The minimum Gasteiger partial charge on any atom is -0.494 e. The van der Waals surface area contributed by atoms with Crippen LogP contribution in [0.15, 0.2) is 42.5 Å². The van der Waals surface area contributed by atoms with Gasteiger partial charge in [0, 0.05) is 11.1 Å². The summed E-state index contributed by atoms with van der Waals surface area (Å²) >= 11 is 0. The Labute approximate surface area is 144 Å². The van der Waals surface area contributed by atoms with E-state index in [4.69, 9.17) is 4.74 Å². The third-order valence-electron chi connectivity index (χ3n) is 4.74. The Bertz CT molecular complexity index is 703. The average Bonchev–Trinajstić information content (AvgIpc) is 2.61. The molecule has 2 nitrogen and oxygen atoms in total. The lowest BCUT2D eigenvalue weighted by molar-refractivity contribution is 0.103. The molecule has 0 unspecified atom stereocenters. The van der Waals surface area contributed by atoms with Crippen LogP contribution in [0.2, 0.25) is 0 Å². The van der Waals surface area contributed by atoms with Crippen molar-refractivity contribution in [2.75, 3.05) is 6.61 Å². The standard InChI is InChI=1S/C22H26O2/c1-2-3-4-5-6-9-14-24-19-13-12-18-15-17-10-7-8-11-20(17)22(23)21(18)16-19/h7-8,10-13,16H,2-6,9,14-15H2,1H3. The summed E-state index contributed by atoms with van der Waals surface area (Å²) in [5.74, 6) is 0.937. The number of ether oxygens (including phenoxy) is 1. The second-order valence-corrected chi connectivity index (χ2v) is 6.60. The lowest BCUT2D eigenvalue weighted by atomic mass is 9.85. The van der Waals surface area contributed by atoms with E-state index in [0.29, 0.717) is 0 Å². The van der Waals surface area contributed by atoms with Gasteiger partial charge < -0.3 is 4.74 Å². The van der Waals surface area contributed by atoms with Crippen LogP contribution in [-0.2, 0) is 6.42 Å². The molecule has 0 saturated carbocycles. The van der Waals surface area contributed by atoms with Crippen molar-refractivity contribution in [2.24, 2.45) is 0 Å². The molecule has 0 saturated heterocycles. The number of unbranched alkanes of at least 4 members (excludes halogenated alkanes) is 5. The molecule has 0 aliphatic heterocycles. The maximum atomic E-state index is 12.7. The molecule has 0 heterocycles. The monoisotopic (exact) mass is 322 g/mol. The summed E-state index contributed by atoms with van der Waals surface area (Å²) in [4.78, 5) is 12.7. The lowest BCUT2D eigenvalue weighted by Crippen LogP contribution is -2.15. The van der Waals surface area contributed by atoms with Crippen LogP contribution in [0.25, 0.3) is 0 Å². The van der Waals surface area contributed by atoms with E-state index in [1.165, 1.54) is 32.1 Å². The highest BCUT2D eigenvalue weighted by Gasteiger charge is 2.23. The van der Waals surface area contributed by atoms with E-state index in [0.717, 1.165) is 47.5 Å². The average molecular weight is 322 g/mol. The Morgan fingerprint density at radius 1 is 0.875 bits per heavy atom. The first-order valence-electron chi connectivity index (χ1n) is 9.18. The number of rotatable bonds is 8. The van der Waals surface area contributed by atoms with Crippen molar-refractivity contribution in [3.05, 3.63) is 64.7 Å². The number of carbonyl (C=O) groups is 1. The van der Waals surface area contributed by atoms with Gasteiger partial charge in [0.25, 0.3) is 0 Å². The summed E-state index contributed by atoms with van der Waals surface area (Å²) in [7, 11) is 0. The maximum Gasteiger partial charge on any atom is 0.193 e. The second kappa shape index (κ2) is 8.14. The number of benzene rings is 2. The van der Waals surface area contributed by atoms with Gasteiger partial charge in [-0.1, -0.05) is 69.4 Å². The molecule has 2 aromatic carbocycles. The van der Waals surface area contributed by atoms with Gasteiger partial charge in [0.1, 0.15) is 5.75 Å². The van der Waals surface area contributed by atoms with Gasteiger partial charge in [0.2, 0.25) is 0 Å². The van der Waals surface area contributed by atoms with E-state index in [-0.39, 0.29) is 5.78 Å². The highest BCUT2D eigenvalue weighted by molar-refractivity contribution is 6.12. The fraction of sp³-hybridized carbons (Fsp3) is 0.409. The molecule has 0 spiro atoms. The fourth-order valence-electron chi connectivity index (χ4n) is 3.33. The molecule has 1 aliphatic carbocycles. The smallest absolute Gasteiger partial charge is 0.193 e. The van der Waals surface area contributed by atoms with Crippen molar-refractivity contribution in [3.63, 3.8) is 0 Å². The molecule has 2 heteroatoms. The zero-order valence-corrected chi connectivity index (χ0v) is 14.5. The van der Waals surface area contributed by atoms with Crippen molar-refractivity contribution >= 4 is 5.78 Å². The molecule has 126 valence electrons. The van der Waals surface area contributed by atoms with Gasteiger partial charge in [-0.25, -0.2) is 0 Å². The Kier molecular flexibility index (Phi) is 5.68. The fourth-order valence-corrected chi connectivity index (χ4v) is 3.33. The first-order chi connectivity index (χ1) is 11.8.